The highest BCUT2D eigenvalue weighted by Gasteiger charge is 2.38. The van der Waals surface area contributed by atoms with E-state index in [0.29, 0.717) is 5.56 Å². The number of hydrogen-bond donors (Lipinski definition) is 0. The molecular formula is C16H16F3NO4. The summed E-state index contributed by atoms with van der Waals surface area (Å²) in [7, 11) is 0. The van der Waals surface area contributed by atoms with Crippen LogP contribution in [-0.2, 0) is 9.53 Å². The van der Waals surface area contributed by atoms with Crippen LogP contribution in [0.25, 0.3) is 6.08 Å². The van der Waals surface area contributed by atoms with Gasteiger partial charge in [0.1, 0.15) is 12.4 Å². The third-order valence-corrected chi connectivity index (χ3v) is 3.42. The van der Waals surface area contributed by atoms with Gasteiger partial charge in [0.25, 0.3) is 5.91 Å². The van der Waals surface area contributed by atoms with Crippen molar-refractivity contribution in [3.63, 3.8) is 0 Å². The molecular weight excluding hydrogens is 327 g/mol. The van der Waals surface area contributed by atoms with Crippen molar-refractivity contribution in [2.45, 2.75) is 26.3 Å². The van der Waals surface area contributed by atoms with E-state index in [1.54, 1.807) is 0 Å². The van der Waals surface area contributed by atoms with E-state index in [9.17, 15) is 22.8 Å². The van der Waals surface area contributed by atoms with Gasteiger partial charge in [-0.25, -0.2) is 9.69 Å². The molecule has 130 valence electrons. The van der Waals surface area contributed by atoms with Gasteiger partial charge in [-0.15, -0.1) is 13.2 Å². The molecule has 1 unspecified atom stereocenters. The van der Waals surface area contributed by atoms with Gasteiger partial charge in [-0.2, -0.15) is 0 Å². The Balaban J connectivity index is 2.11. The van der Waals surface area contributed by atoms with Crippen LogP contribution in [0.3, 0.4) is 0 Å². The van der Waals surface area contributed by atoms with E-state index in [-0.39, 0.29) is 18.6 Å². The number of alkyl halides is 3. The maximum atomic E-state index is 12.2. The summed E-state index contributed by atoms with van der Waals surface area (Å²) in [5.41, 5.74) is 0.332. The van der Waals surface area contributed by atoms with Gasteiger partial charge in [-0.3, -0.25) is 4.79 Å². The summed E-state index contributed by atoms with van der Waals surface area (Å²) in [5, 5.41) is 0. The lowest BCUT2D eigenvalue weighted by molar-refractivity contribution is -0.274. The van der Waals surface area contributed by atoms with Gasteiger partial charge in [0, 0.05) is 6.08 Å². The van der Waals surface area contributed by atoms with Crippen LogP contribution in [-0.4, -0.2) is 35.9 Å². The van der Waals surface area contributed by atoms with Crippen molar-refractivity contribution in [1.29, 1.82) is 0 Å². The molecule has 1 aliphatic heterocycles. The number of carbonyl (C=O) groups excluding carboxylic acids is 2. The number of hydrogen-bond acceptors (Lipinski definition) is 4. The van der Waals surface area contributed by atoms with Gasteiger partial charge in [-0.1, -0.05) is 26.0 Å². The van der Waals surface area contributed by atoms with Gasteiger partial charge < -0.3 is 9.47 Å². The number of benzene rings is 1. The van der Waals surface area contributed by atoms with E-state index >= 15 is 0 Å². The quantitative estimate of drug-likeness (QED) is 0.784. The van der Waals surface area contributed by atoms with Gasteiger partial charge in [-0.05, 0) is 29.7 Å². The second-order valence-corrected chi connectivity index (χ2v) is 5.55. The molecule has 2 amide bonds. The minimum absolute atomic E-state index is 0.0253. The number of amides is 2. The number of carbonyl (C=O) groups is 2. The monoisotopic (exact) mass is 343 g/mol. The summed E-state index contributed by atoms with van der Waals surface area (Å²) in [4.78, 5) is 24.9. The third-order valence-electron chi connectivity index (χ3n) is 3.42. The van der Waals surface area contributed by atoms with E-state index in [1.807, 2.05) is 13.8 Å². The molecule has 0 spiro atoms. The Bertz CT molecular complexity index is 655. The molecule has 0 aliphatic carbocycles. The number of imide groups is 1. The van der Waals surface area contributed by atoms with Crippen LogP contribution >= 0.6 is 0 Å². The molecule has 2 rings (SSSR count). The van der Waals surface area contributed by atoms with E-state index in [2.05, 4.69) is 4.74 Å². The van der Waals surface area contributed by atoms with Crippen molar-refractivity contribution in [2.75, 3.05) is 6.61 Å². The number of halogens is 3. The lowest BCUT2D eigenvalue weighted by Gasteiger charge is -2.21. The molecule has 8 heteroatoms. The fourth-order valence-corrected chi connectivity index (χ4v) is 2.24. The Morgan fingerprint density at radius 3 is 2.75 bits per heavy atom. The molecule has 0 saturated carbocycles. The van der Waals surface area contributed by atoms with Crippen molar-refractivity contribution in [3.05, 3.63) is 35.9 Å². The first-order chi connectivity index (χ1) is 11.2. The first-order valence-electron chi connectivity index (χ1n) is 7.21. The Labute approximate surface area is 136 Å². The second kappa shape index (κ2) is 6.94. The van der Waals surface area contributed by atoms with E-state index in [0.717, 1.165) is 23.1 Å². The largest absolute Gasteiger partial charge is 0.573 e. The predicted molar refractivity (Wildman–Crippen MR) is 79.0 cm³/mol. The average molecular weight is 343 g/mol. The molecule has 1 aliphatic rings. The molecule has 24 heavy (non-hydrogen) atoms. The van der Waals surface area contributed by atoms with Crippen molar-refractivity contribution < 1.29 is 32.2 Å². The Kier molecular flexibility index (Phi) is 5.16. The molecule has 0 radical (unpaired) electrons. The summed E-state index contributed by atoms with van der Waals surface area (Å²) in [6, 6.07) is 4.80. The Morgan fingerprint density at radius 1 is 1.42 bits per heavy atom. The molecule has 5 nitrogen and oxygen atoms in total. The topological polar surface area (TPSA) is 55.8 Å². The summed E-state index contributed by atoms with van der Waals surface area (Å²) < 4.78 is 45.3. The van der Waals surface area contributed by atoms with E-state index in [1.165, 1.54) is 18.2 Å². The molecule has 0 N–H and O–H groups in total. The van der Waals surface area contributed by atoms with Crippen molar-refractivity contribution >= 4 is 18.1 Å². The van der Waals surface area contributed by atoms with Crippen LogP contribution in [0.15, 0.2) is 30.3 Å². The SMILES string of the molecule is CC(C)C1COC(=O)N1C(=O)/C=C/c1cccc(OC(F)(F)F)c1. The zero-order chi connectivity index (χ0) is 17.9. The maximum absolute atomic E-state index is 12.2. The highest BCUT2D eigenvalue weighted by Crippen LogP contribution is 2.24. The summed E-state index contributed by atoms with van der Waals surface area (Å²) in [6.45, 7) is 3.84. The first kappa shape index (κ1) is 17.8. The van der Waals surface area contributed by atoms with Gasteiger partial charge in [0.2, 0.25) is 0 Å². The molecule has 0 aromatic heterocycles. The molecule has 0 bridgehead atoms. The summed E-state index contributed by atoms with van der Waals surface area (Å²) >= 11 is 0. The smallest absolute Gasteiger partial charge is 0.447 e. The standard InChI is InChI=1S/C16H16F3NO4/c1-10(2)13-9-23-15(22)20(13)14(21)7-6-11-4-3-5-12(8-11)24-16(17,18)19/h3-8,10,13H,9H2,1-2H3/b7-6+. The average Bonchev–Trinajstić information content (AvgIpc) is 2.85. The minimum Gasteiger partial charge on any atom is -0.447 e. The minimum atomic E-state index is -4.79. The van der Waals surface area contributed by atoms with Crippen molar-refractivity contribution in [1.82, 2.24) is 4.90 Å². The number of nitrogens with zero attached hydrogens (tertiary/aromatic N) is 1. The van der Waals surface area contributed by atoms with Gasteiger partial charge in [0.15, 0.2) is 0 Å². The fourth-order valence-electron chi connectivity index (χ4n) is 2.24. The molecule has 1 atom stereocenters. The lowest BCUT2D eigenvalue weighted by atomic mass is 10.0. The summed E-state index contributed by atoms with van der Waals surface area (Å²) in [6.07, 6.45) is -3.08. The van der Waals surface area contributed by atoms with Gasteiger partial charge >= 0.3 is 12.5 Å². The van der Waals surface area contributed by atoms with Crippen LogP contribution in [0, 0.1) is 5.92 Å². The van der Waals surface area contributed by atoms with Crippen LogP contribution in [0.1, 0.15) is 19.4 Å². The molecule has 1 saturated heterocycles. The predicted octanol–water partition coefficient (Wildman–Crippen LogP) is 3.60. The third kappa shape index (κ3) is 4.50. The fraction of sp³-hybridized carbons (Fsp3) is 0.375. The lowest BCUT2D eigenvalue weighted by Crippen LogP contribution is -2.40. The van der Waals surface area contributed by atoms with Crippen LogP contribution in [0.5, 0.6) is 5.75 Å². The maximum Gasteiger partial charge on any atom is 0.573 e. The zero-order valence-corrected chi connectivity index (χ0v) is 13.0. The molecule has 1 fully saturated rings. The van der Waals surface area contributed by atoms with Gasteiger partial charge in [0.05, 0.1) is 6.04 Å². The molecule has 1 heterocycles. The Morgan fingerprint density at radius 2 is 2.12 bits per heavy atom. The van der Waals surface area contributed by atoms with E-state index < -0.39 is 24.1 Å². The highest BCUT2D eigenvalue weighted by atomic mass is 19.4. The number of cyclic esters (lactones) is 1. The second-order valence-electron chi connectivity index (χ2n) is 5.55. The molecule has 1 aromatic carbocycles. The zero-order valence-electron chi connectivity index (χ0n) is 13.0. The van der Waals surface area contributed by atoms with Crippen molar-refractivity contribution in [2.24, 2.45) is 5.92 Å². The Hall–Kier alpha value is -2.51. The highest BCUT2D eigenvalue weighted by molar-refractivity contribution is 6.02. The van der Waals surface area contributed by atoms with Crippen LogP contribution < -0.4 is 4.74 Å². The molecule has 1 aromatic rings. The van der Waals surface area contributed by atoms with Crippen LogP contribution in [0.4, 0.5) is 18.0 Å². The number of rotatable bonds is 4. The summed E-state index contributed by atoms with van der Waals surface area (Å²) in [5.74, 6) is -0.951. The van der Waals surface area contributed by atoms with Crippen molar-refractivity contribution in [3.8, 4) is 5.75 Å². The number of ether oxygens (including phenoxy) is 2. The normalized spacial score (nSPS) is 18.3. The first-order valence-corrected chi connectivity index (χ1v) is 7.21. The van der Waals surface area contributed by atoms with E-state index in [4.69, 9.17) is 4.74 Å². The van der Waals surface area contributed by atoms with Crippen LogP contribution in [0.2, 0.25) is 0 Å².